The zero-order valence-corrected chi connectivity index (χ0v) is 17.0. The third-order valence-electron chi connectivity index (χ3n) is 4.54. The summed E-state index contributed by atoms with van der Waals surface area (Å²) in [5.41, 5.74) is 3.02. The second-order valence-corrected chi connectivity index (χ2v) is 7.50. The third-order valence-corrected chi connectivity index (χ3v) is 5.36. The summed E-state index contributed by atoms with van der Waals surface area (Å²) in [6.07, 6.45) is 0.379. The highest BCUT2D eigenvalue weighted by atomic mass is 32.2. The van der Waals surface area contributed by atoms with Gasteiger partial charge in [0, 0.05) is 5.69 Å². The van der Waals surface area contributed by atoms with Crippen molar-refractivity contribution in [1.82, 2.24) is 10.2 Å². The molecule has 4 rings (SSSR count). The zero-order chi connectivity index (χ0) is 20.2. The lowest BCUT2D eigenvalue weighted by molar-refractivity contribution is -0.113. The second kappa shape index (κ2) is 8.57. The van der Waals surface area contributed by atoms with E-state index in [1.54, 1.807) is 0 Å². The minimum absolute atomic E-state index is 0.120. The number of anilines is 1. The Bertz CT molecular complexity index is 1020. The van der Waals surface area contributed by atoms with Gasteiger partial charge in [-0.25, -0.2) is 0 Å². The van der Waals surface area contributed by atoms with E-state index in [2.05, 4.69) is 22.4 Å². The fraction of sp³-hybridized carbons (Fsp3) is 0.286. The van der Waals surface area contributed by atoms with Gasteiger partial charge in [0.25, 0.3) is 11.1 Å². The number of fused-ring (bicyclic) bond motifs is 1. The molecule has 1 atom stereocenters. The number of aryl methyl sites for hydroxylation is 2. The first kappa shape index (κ1) is 19.3. The van der Waals surface area contributed by atoms with Crippen LogP contribution in [0.3, 0.4) is 0 Å². The predicted octanol–water partition coefficient (Wildman–Crippen LogP) is 4.18. The van der Waals surface area contributed by atoms with E-state index in [1.165, 1.54) is 11.8 Å². The van der Waals surface area contributed by atoms with E-state index in [0.717, 1.165) is 23.2 Å². The largest absolute Gasteiger partial charge is 0.485 e. The van der Waals surface area contributed by atoms with E-state index in [1.807, 2.05) is 49.4 Å². The fourth-order valence-corrected chi connectivity index (χ4v) is 3.62. The molecule has 3 aromatic rings. The minimum atomic E-state index is -0.473. The van der Waals surface area contributed by atoms with Crippen LogP contribution in [0.1, 0.15) is 30.0 Å². The molecule has 2 heterocycles. The number of hydrogen-bond acceptors (Lipinski definition) is 7. The number of amides is 1. The van der Waals surface area contributed by atoms with E-state index < -0.39 is 6.10 Å². The molecular formula is C21H21N3O4S. The summed E-state index contributed by atoms with van der Waals surface area (Å²) in [4.78, 5) is 12.4. The molecule has 2 aromatic carbocycles. The summed E-state index contributed by atoms with van der Waals surface area (Å²) in [7, 11) is 0. The Morgan fingerprint density at radius 3 is 2.83 bits per heavy atom. The molecule has 0 saturated heterocycles. The Labute approximate surface area is 172 Å². The number of aromatic nitrogens is 2. The van der Waals surface area contributed by atoms with Gasteiger partial charge in [-0.05, 0) is 36.6 Å². The topological polar surface area (TPSA) is 86.5 Å². The maximum absolute atomic E-state index is 12.4. The monoisotopic (exact) mass is 411 g/mol. The molecule has 1 aliphatic rings. The van der Waals surface area contributed by atoms with Gasteiger partial charge in [0.1, 0.15) is 6.61 Å². The van der Waals surface area contributed by atoms with Gasteiger partial charge in [-0.3, -0.25) is 4.79 Å². The van der Waals surface area contributed by atoms with E-state index in [9.17, 15) is 4.79 Å². The molecule has 29 heavy (non-hydrogen) atoms. The number of carbonyl (C=O) groups is 1. The Morgan fingerprint density at radius 1 is 1.17 bits per heavy atom. The average Bonchev–Trinajstić information content (AvgIpc) is 3.22. The van der Waals surface area contributed by atoms with E-state index in [4.69, 9.17) is 13.9 Å². The van der Waals surface area contributed by atoms with Crippen molar-refractivity contribution in [3.63, 3.8) is 0 Å². The number of nitrogens with zero attached hydrogens (tertiary/aromatic N) is 2. The van der Waals surface area contributed by atoms with Crippen LogP contribution in [0.25, 0.3) is 0 Å². The number of nitrogens with one attached hydrogen (secondary N) is 1. The molecular weight excluding hydrogens is 390 g/mol. The van der Waals surface area contributed by atoms with Crippen LogP contribution < -0.4 is 14.8 Å². The molecule has 1 aliphatic heterocycles. The van der Waals surface area contributed by atoms with Gasteiger partial charge in [0.2, 0.25) is 12.0 Å². The molecule has 7 nitrogen and oxygen atoms in total. The van der Waals surface area contributed by atoms with Crippen molar-refractivity contribution in [3.05, 3.63) is 59.5 Å². The highest BCUT2D eigenvalue weighted by molar-refractivity contribution is 7.99. The fourth-order valence-electron chi connectivity index (χ4n) is 3.05. The number of ether oxygens (including phenoxy) is 2. The standard InChI is InChI=1S/C21H21N3O4S/c1-3-14-8-6-7-13(2)19(14)22-18(25)12-29-21-24-23-20(28-21)17-11-26-15-9-4-5-10-16(15)27-17/h4-10,17H,3,11-12H2,1-2H3,(H,22,25)/t17-/m0/s1. The van der Waals surface area contributed by atoms with Gasteiger partial charge < -0.3 is 19.2 Å². The molecule has 0 radical (unpaired) electrons. The molecule has 0 spiro atoms. The van der Waals surface area contributed by atoms with Crippen LogP contribution in [0.2, 0.25) is 0 Å². The lowest BCUT2D eigenvalue weighted by atomic mass is 10.1. The van der Waals surface area contributed by atoms with Gasteiger partial charge in [0.05, 0.1) is 5.75 Å². The van der Waals surface area contributed by atoms with Crippen molar-refractivity contribution in [2.24, 2.45) is 0 Å². The van der Waals surface area contributed by atoms with Gasteiger partial charge >= 0.3 is 0 Å². The third kappa shape index (κ3) is 4.37. The first-order chi connectivity index (χ1) is 14.1. The van der Waals surface area contributed by atoms with Crippen LogP contribution in [0.15, 0.2) is 52.1 Å². The lowest BCUT2D eigenvalue weighted by Gasteiger charge is -2.23. The first-order valence-electron chi connectivity index (χ1n) is 9.37. The van der Waals surface area contributed by atoms with Crippen molar-refractivity contribution in [2.75, 3.05) is 17.7 Å². The molecule has 150 valence electrons. The van der Waals surface area contributed by atoms with Gasteiger partial charge in [-0.15, -0.1) is 10.2 Å². The Morgan fingerprint density at radius 2 is 2.00 bits per heavy atom. The zero-order valence-electron chi connectivity index (χ0n) is 16.2. The number of carbonyl (C=O) groups excluding carboxylic acids is 1. The summed E-state index contributed by atoms with van der Waals surface area (Å²) in [5, 5.41) is 11.4. The summed E-state index contributed by atoms with van der Waals surface area (Å²) in [6.45, 7) is 4.34. The van der Waals surface area contributed by atoms with Crippen LogP contribution in [-0.4, -0.2) is 28.5 Å². The minimum Gasteiger partial charge on any atom is -0.485 e. The maximum atomic E-state index is 12.4. The predicted molar refractivity (Wildman–Crippen MR) is 110 cm³/mol. The quantitative estimate of drug-likeness (QED) is 0.609. The number of hydrogen-bond donors (Lipinski definition) is 1. The Hall–Kier alpha value is -3.00. The van der Waals surface area contributed by atoms with Crippen molar-refractivity contribution in [1.29, 1.82) is 0 Å². The van der Waals surface area contributed by atoms with E-state index in [-0.39, 0.29) is 18.3 Å². The van der Waals surface area contributed by atoms with Crippen LogP contribution >= 0.6 is 11.8 Å². The number of rotatable bonds is 6. The Kier molecular flexibility index (Phi) is 5.71. The molecule has 8 heteroatoms. The molecule has 0 saturated carbocycles. The lowest BCUT2D eigenvalue weighted by Crippen LogP contribution is -2.21. The van der Waals surface area contributed by atoms with Crippen molar-refractivity contribution in [2.45, 2.75) is 31.6 Å². The van der Waals surface area contributed by atoms with Crippen LogP contribution in [-0.2, 0) is 11.2 Å². The van der Waals surface area contributed by atoms with Crippen LogP contribution in [0.5, 0.6) is 11.5 Å². The molecule has 1 amide bonds. The molecule has 1 aromatic heterocycles. The first-order valence-corrected chi connectivity index (χ1v) is 10.4. The normalized spacial score (nSPS) is 15.2. The molecule has 0 bridgehead atoms. The summed E-state index contributed by atoms with van der Waals surface area (Å²) in [6, 6.07) is 13.4. The van der Waals surface area contributed by atoms with Gasteiger partial charge in [-0.1, -0.05) is 49.0 Å². The van der Waals surface area contributed by atoms with Crippen molar-refractivity contribution >= 4 is 23.4 Å². The van der Waals surface area contributed by atoms with Crippen molar-refractivity contribution < 1.29 is 18.7 Å². The van der Waals surface area contributed by atoms with Crippen LogP contribution in [0.4, 0.5) is 5.69 Å². The van der Waals surface area contributed by atoms with Gasteiger partial charge in [-0.2, -0.15) is 0 Å². The highest BCUT2D eigenvalue weighted by Crippen LogP contribution is 2.36. The van der Waals surface area contributed by atoms with E-state index in [0.29, 0.717) is 22.6 Å². The smallest absolute Gasteiger partial charge is 0.277 e. The van der Waals surface area contributed by atoms with Gasteiger partial charge in [0.15, 0.2) is 11.5 Å². The maximum Gasteiger partial charge on any atom is 0.277 e. The molecule has 0 unspecified atom stereocenters. The molecule has 0 fully saturated rings. The number of benzene rings is 2. The number of para-hydroxylation sites is 3. The average molecular weight is 411 g/mol. The number of thioether (sulfide) groups is 1. The summed E-state index contributed by atoms with van der Waals surface area (Å²) >= 11 is 1.19. The summed E-state index contributed by atoms with van der Waals surface area (Å²) < 4.78 is 17.2. The molecule has 0 aliphatic carbocycles. The highest BCUT2D eigenvalue weighted by Gasteiger charge is 2.27. The molecule has 1 N–H and O–H groups in total. The van der Waals surface area contributed by atoms with Crippen molar-refractivity contribution in [3.8, 4) is 11.5 Å². The van der Waals surface area contributed by atoms with Crippen LogP contribution in [0, 0.1) is 6.92 Å². The SMILES string of the molecule is CCc1cccc(C)c1NC(=O)CSc1nnc([C@@H]2COc3ccccc3O2)o1. The summed E-state index contributed by atoms with van der Waals surface area (Å²) in [5.74, 6) is 1.71. The van der Waals surface area contributed by atoms with E-state index >= 15 is 0 Å². The second-order valence-electron chi connectivity index (χ2n) is 6.57. The Balaban J connectivity index is 1.35.